The number of nitrogens with zero attached hydrogens (tertiary/aromatic N) is 1. The van der Waals surface area contributed by atoms with Crippen LogP contribution in [0.25, 0.3) is 9.88 Å². The molecule has 3 N–H and O–H groups in total. The van der Waals surface area contributed by atoms with Crippen molar-refractivity contribution in [1.82, 2.24) is 10.3 Å². The summed E-state index contributed by atoms with van der Waals surface area (Å²) < 4.78 is 0. The van der Waals surface area contributed by atoms with Gasteiger partial charge in [0.05, 0.1) is 10.6 Å². The summed E-state index contributed by atoms with van der Waals surface area (Å²) in [6.45, 7) is 3.06. The van der Waals surface area contributed by atoms with Crippen LogP contribution in [0.2, 0.25) is 0 Å². The van der Waals surface area contributed by atoms with Crippen molar-refractivity contribution in [2.45, 2.75) is 13.3 Å². The van der Waals surface area contributed by atoms with E-state index in [0.29, 0.717) is 18.0 Å². The van der Waals surface area contributed by atoms with Crippen molar-refractivity contribution in [2.75, 3.05) is 13.1 Å². The fourth-order valence-electron chi connectivity index (χ4n) is 1.50. The first kappa shape index (κ1) is 13.2. The van der Waals surface area contributed by atoms with Gasteiger partial charge in [-0.3, -0.25) is 4.79 Å². The van der Waals surface area contributed by atoms with Gasteiger partial charge in [0.15, 0.2) is 0 Å². The Kier molecular flexibility index (Phi) is 4.46. The van der Waals surface area contributed by atoms with Crippen molar-refractivity contribution < 1.29 is 4.79 Å². The maximum absolute atomic E-state index is 11.9. The molecule has 0 aliphatic carbocycles. The van der Waals surface area contributed by atoms with E-state index in [0.717, 1.165) is 22.0 Å². The second kappa shape index (κ2) is 6.08. The first-order valence-corrected chi connectivity index (χ1v) is 7.41. The topological polar surface area (TPSA) is 68.0 Å². The lowest BCUT2D eigenvalue weighted by molar-refractivity contribution is 0.0957. The molecule has 0 bridgehead atoms. The zero-order chi connectivity index (χ0) is 13.0. The Hall–Kier alpha value is -1.24. The highest BCUT2D eigenvalue weighted by Gasteiger charge is 2.15. The lowest BCUT2D eigenvalue weighted by Gasteiger charge is -2.01. The SMILES string of the molecule is Cc1nc(-c2cccs2)sc1C(=O)NCCCN. The molecule has 96 valence electrons. The van der Waals surface area contributed by atoms with E-state index in [1.54, 1.807) is 11.3 Å². The Bertz CT molecular complexity index is 519. The molecule has 0 aliphatic heterocycles. The van der Waals surface area contributed by atoms with E-state index in [2.05, 4.69) is 10.3 Å². The van der Waals surface area contributed by atoms with Gasteiger partial charge < -0.3 is 11.1 Å². The van der Waals surface area contributed by atoms with E-state index < -0.39 is 0 Å². The molecule has 2 aromatic rings. The molecule has 6 heteroatoms. The maximum Gasteiger partial charge on any atom is 0.263 e. The van der Waals surface area contributed by atoms with Crippen molar-refractivity contribution in [3.05, 3.63) is 28.1 Å². The van der Waals surface area contributed by atoms with Crippen LogP contribution in [-0.4, -0.2) is 24.0 Å². The number of carbonyl (C=O) groups excluding carboxylic acids is 1. The third-order valence-corrected chi connectivity index (χ3v) is 4.60. The molecule has 0 saturated heterocycles. The summed E-state index contributed by atoms with van der Waals surface area (Å²) in [5.74, 6) is -0.0544. The lowest BCUT2D eigenvalue weighted by Crippen LogP contribution is -2.25. The second-order valence-electron chi connectivity index (χ2n) is 3.81. The van der Waals surface area contributed by atoms with Crippen molar-refractivity contribution in [1.29, 1.82) is 0 Å². The van der Waals surface area contributed by atoms with E-state index in [9.17, 15) is 4.79 Å². The number of hydrogen-bond acceptors (Lipinski definition) is 5. The van der Waals surface area contributed by atoms with Gasteiger partial charge in [-0.2, -0.15) is 0 Å². The van der Waals surface area contributed by atoms with Gasteiger partial charge in [-0.05, 0) is 31.3 Å². The van der Waals surface area contributed by atoms with E-state index in [1.165, 1.54) is 11.3 Å². The summed E-state index contributed by atoms with van der Waals surface area (Å²) in [7, 11) is 0. The molecule has 0 spiro atoms. The normalized spacial score (nSPS) is 10.6. The van der Waals surface area contributed by atoms with Crippen LogP contribution in [-0.2, 0) is 0 Å². The van der Waals surface area contributed by atoms with Gasteiger partial charge >= 0.3 is 0 Å². The fraction of sp³-hybridized carbons (Fsp3) is 0.333. The summed E-state index contributed by atoms with van der Waals surface area (Å²) in [6, 6.07) is 4.00. The molecule has 2 heterocycles. The Labute approximate surface area is 114 Å². The number of nitrogens with two attached hydrogens (primary N) is 1. The van der Waals surface area contributed by atoms with Gasteiger partial charge in [0, 0.05) is 6.54 Å². The predicted molar refractivity (Wildman–Crippen MR) is 76.2 cm³/mol. The molecular weight excluding hydrogens is 266 g/mol. The fourth-order valence-corrected chi connectivity index (χ4v) is 3.28. The number of thiophene rings is 1. The molecule has 0 unspecified atom stereocenters. The Morgan fingerprint density at radius 2 is 2.39 bits per heavy atom. The molecule has 0 aromatic carbocycles. The second-order valence-corrected chi connectivity index (χ2v) is 5.76. The first-order valence-electron chi connectivity index (χ1n) is 5.72. The van der Waals surface area contributed by atoms with Crippen molar-refractivity contribution in [3.63, 3.8) is 0 Å². The number of carbonyl (C=O) groups is 1. The van der Waals surface area contributed by atoms with Crippen molar-refractivity contribution in [2.24, 2.45) is 5.73 Å². The van der Waals surface area contributed by atoms with Crippen LogP contribution in [0.15, 0.2) is 17.5 Å². The third-order valence-electron chi connectivity index (χ3n) is 2.40. The quantitative estimate of drug-likeness (QED) is 0.826. The highest BCUT2D eigenvalue weighted by atomic mass is 32.1. The van der Waals surface area contributed by atoms with E-state index in [-0.39, 0.29) is 5.91 Å². The highest BCUT2D eigenvalue weighted by Crippen LogP contribution is 2.30. The van der Waals surface area contributed by atoms with Crippen molar-refractivity contribution >= 4 is 28.6 Å². The molecule has 0 radical (unpaired) electrons. The van der Waals surface area contributed by atoms with Gasteiger partial charge in [-0.15, -0.1) is 22.7 Å². The molecule has 4 nitrogen and oxygen atoms in total. The Morgan fingerprint density at radius 1 is 1.56 bits per heavy atom. The maximum atomic E-state index is 11.9. The average molecular weight is 281 g/mol. The molecule has 0 atom stereocenters. The molecular formula is C12H15N3OS2. The number of aromatic nitrogens is 1. The predicted octanol–water partition coefficient (Wildman–Crippen LogP) is 2.26. The summed E-state index contributed by atoms with van der Waals surface area (Å²) in [4.78, 5) is 18.2. The minimum atomic E-state index is -0.0544. The number of rotatable bonds is 5. The van der Waals surface area contributed by atoms with E-state index >= 15 is 0 Å². The van der Waals surface area contributed by atoms with Gasteiger partial charge in [0.2, 0.25) is 0 Å². The van der Waals surface area contributed by atoms with Crippen LogP contribution in [0, 0.1) is 6.92 Å². The molecule has 0 aliphatic rings. The number of amides is 1. The average Bonchev–Trinajstić information content (AvgIpc) is 2.97. The van der Waals surface area contributed by atoms with Crippen LogP contribution in [0.3, 0.4) is 0 Å². The zero-order valence-corrected chi connectivity index (χ0v) is 11.7. The van der Waals surface area contributed by atoms with Crippen molar-refractivity contribution in [3.8, 4) is 9.88 Å². The van der Waals surface area contributed by atoms with Gasteiger partial charge in [-0.25, -0.2) is 4.98 Å². The summed E-state index contributed by atoms with van der Waals surface area (Å²) >= 11 is 3.07. The van der Waals surface area contributed by atoms with Crippen LogP contribution >= 0.6 is 22.7 Å². The molecule has 1 amide bonds. The Morgan fingerprint density at radius 3 is 3.06 bits per heavy atom. The number of hydrogen-bond donors (Lipinski definition) is 2. The van der Waals surface area contributed by atoms with Crippen LogP contribution in [0.1, 0.15) is 21.8 Å². The number of thiazole rings is 1. The minimum absolute atomic E-state index is 0.0544. The monoisotopic (exact) mass is 281 g/mol. The smallest absolute Gasteiger partial charge is 0.263 e. The highest BCUT2D eigenvalue weighted by molar-refractivity contribution is 7.22. The van der Waals surface area contributed by atoms with Crippen LogP contribution < -0.4 is 11.1 Å². The molecule has 0 fully saturated rings. The molecule has 2 rings (SSSR count). The summed E-state index contributed by atoms with van der Waals surface area (Å²) in [5.41, 5.74) is 6.18. The number of aryl methyl sites for hydroxylation is 1. The Balaban J connectivity index is 2.12. The van der Waals surface area contributed by atoms with E-state index in [1.807, 2.05) is 24.4 Å². The van der Waals surface area contributed by atoms with Crippen LogP contribution in [0.4, 0.5) is 0 Å². The summed E-state index contributed by atoms with van der Waals surface area (Å²) in [5, 5.41) is 5.77. The summed E-state index contributed by atoms with van der Waals surface area (Å²) in [6.07, 6.45) is 0.793. The standard InChI is InChI=1S/C12H15N3OS2/c1-8-10(11(16)14-6-3-5-13)18-12(15-8)9-4-2-7-17-9/h2,4,7H,3,5-6,13H2,1H3,(H,14,16). The lowest BCUT2D eigenvalue weighted by atomic mass is 10.3. The van der Waals surface area contributed by atoms with E-state index in [4.69, 9.17) is 5.73 Å². The minimum Gasteiger partial charge on any atom is -0.351 e. The first-order chi connectivity index (χ1) is 8.72. The number of nitrogens with one attached hydrogen (secondary N) is 1. The molecule has 2 aromatic heterocycles. The van der Waals surface area contributed by atoms with Gasteiger partial charge in [0.1, 0.15) is 9.88 Å². The van der Waals surface area contributed by atoms with Gasteiger partial charge in [-0.1, -0.05) is 6.07 Å². The van der Waals surface area contributed by atoms with Crippen LogP contribution in [0.5, 0.6) is 0 Å². The largest absolute Gasteiger partial charge is 0.351 e. The van der Waals surface area contributed by atoms with Gasteiger partial charge in [0.25, 0.3) is 5.91 Å². The molecule has 0 saturated carbocycles. The third kappa shape index (κ3) is 2.95. The zero-order valence-electron chi connectivity index (χ0n) is 10.1. The molecule has 18 heavy (non-hydrogen) atoms.